The lowest BCUT2D eigenvalue weighted by molar-refractivity contribution is -0.224. The van der Waals surface area contributed by atoms with Gasteiger partial charge in [-0.3, -0.25) is 4.79 Å². The van der Waals surface area contributed by atoms with E-state index < -0.39 is 21.7 Å². The third kappa shape index (κ3) is 3.29. The van der Waals surface area contributed by atoms with Gasteiger partial charge < -0.3 is 9.88 Å². The van der Waals surface area contributed by atoms with Crippen LogP contribution in [0, 0.1) is 12.3 Å². The summed E-state index contributed by atoms with van der Waals surface area (Å²) < 4.78 is 53.0. The van der Waals surface area contributed by atoms with E-state index in [4.69, 9.17) is 0 Å². The van der Waals surface area contributed by atoms with Gasteiger partial charge >= 0.3 is 0 Å². The van der Waals surface area contributed by atoms with Crippen molar-refractivity contribution in [3.63, 3.8) is 0 Å². The molecule has 5 nitrogen and oxygen atoms in total. The van der Waals surface area contributed by atoms with Gasteiger partial charge in [0.05, 0.1) is 10.6 Å². The van der Waals surface area contributed by atoms with Gasteiger partial charge in [-0.1, -0.05) is 18.2 Å². The Balaban J connectivity index is 1.60. The molecule has 0 saturated heterocycles. The van der Waals surface area contributed by atoms with Crippen LogP contribution in [0.3, 0.4) is 0 Å². The van der Waals surface area contributed by atoms with E-state index in [1.165, 1.54) is 6.26 Å². The second-order valence-electron chi connectivity index (χ2n) is 10.3. The van der Waals surface area contributed by atoms with Gasteiger partial charge in [-0.25, -0.2) is 17.2 Å². The lowest BCUT2D eigenvalue weighted by Gasteiger charge is -2.70. The molecule has 1 aromatic heterocycles. The summed E-state index contributed by atoms with van der Waals surface area (Å²) in [6, 6.07) is 12.3. The molecule has 8 heteroatoms. The molecule has 3 aromatic rings. The van der Waals surface area contributed by atoms with Crippen LogP contribution in [-0.4, -0.2) is 25.7 Å². The molecule has 1 atom stereocenters. The lowest BCUT2D eigenvalue weighted by Crippen LogP contribution is -2.68. The predicted molar refractivity (Wildman–Crippen MR) is 129 cm³/mol. The van der Waals surface area contributed by atoms with Gasteiger partial charge in [0.25, 0.3) is 5.56 Å². The monoisotopic (exact) mass is 486 g/mol. The molecule has 3 aliphatic rings. The number of aromatic nitrogens is 1. The third-order valence-corrected chi connectivity index (χ3v) is 8.89. The van der Waals surface area contributed by atoms with Gasteiger partial charge in [-0.2, -0.15) is 0 Å². The van der Waals surface area contributed by atoms with Crippen LogP contribution in [0.25, 0.3) is 10.8 Å². The summed E-state index contributed by atoms with van der Waals surface area (Å²) in [7, 11) is -1.71. The van der Waals surface area contributed by atoms with Gasteiger partial charge in [0.1, 0.15) is 0 Å². The van der Waals surface area contributed by atoms with Gasteiger partial charge in [0.15, 0.2) is 9.84 Å². The van der Waals surface area contributed by atoms with E-state index in [2.05, 4.69) is 5.32 Å². The Kier molecular flexibility index (Phi) is 5.00. The highest BCUT2D eigenvalue weighted by Crippen LogP contribution is 2.75. The van der Waals surface area contributed by atoms with Crippen LogP contribution in [0.15, 0.2) is 52.2 Å². The number of rotatable bonds is 6. The topological polar surface area (TPSA) is 68.2 Å². The molecular weight excluding hydrogens is 458 g/mol. The van der Waals surface area contributed by atoms with E-state index in [0.717, 1.165) is 22.2 Å². The van der Waals surface area contributed by atoms with E-state index in [-0.39, 0.29) is 21.9 Å². The van der Waals surface area contributed by atoms with E-state index >= 15 is 0 Å². The minimum Gasteiger partial charge on any atom is -0.377 e. The van der Waals surface area contributed by atoms with Crippen molar-refractivity contribution < 1.29 is 17.2 Å². The van der Waals surface area contributed by atoms with E-state index in [0.29, 0.717) is 30.3 Å². The van der Waals surface area contributed by atoms with Crippen LogP contribution in [-0.2, 0) is 22.3 Å². The molecule has 0 amide bonds. The van der Waals surface area contributed by atoms with Crippen LogP contribution < -0.4 is 10.9 Å². The Bertz CT molecular complexity index is 1470. The standard InChI is InChI=1S/C26H28F2N2O3S/c1-15-9-17(16(2)29-20-7-5-6-8-21(20)34(4,32)33)18-11-22(30(3)23(31)19(18)10-15)25-12-26(13-25,14-25)24(27)28/h5-11,16,24,29H,12-14H2,1-4H3/t16-,25?,26?/m1/s1. The summed E-state index contributed by atoms with van der Waals surface area (Å²) >= 11 is 0. The first-order chi connectivity index (χ1) is 15.9. The smallest absolute Gasteiger partial charge is 0.258 e. The van der Waals surface area contributed by atoms with Crippen LogP contribution in [0.5, 0.6) is 0 Å². The largest absolute Gasteiger partial charge is 0.377 e. The number of aryl methyl sites for hydroxylation is 1. The third-order valence-electron chi connectivity index (χ3n) is 7.74. The Hall–Kier alpha value is -2.74. The van der Waals surface area contributed by atoms with Crippen molar-refractivity contribution >= 4 is 26.3 Å². The van der Waals surface area contributed by atoms with Crippen LogP contribution in [0.2, 0.25) is 0 Å². The maximum Gasteiger partial charge on any atom is 0.258 e. The quantitative estimate of drug-likeness (QED) is 0.526. The molecular formula is C26H28F2N2O3S. The van der Waals surface area contributed by atoms with E-state index in [1.54, 1.807) is 35.9 Å². The molecule has 0 aliphatic heterocycles. The predicted octanol–water partition coefficient (Wildman–Crippen LogP) is 5.11. The number of hydrogen-bond acceptors (Lipinski definition) is 4. The molecule has 2 bridgehead atoms. The summed E-state index contributed by atoms with van der Waals surface area (Å²) in [6.07, 6.45) is 0.0731. The van der Waals surface area contributed by atoms with E-state index in [1.807, 2.05) is 32.0 Å². The molecule has 3 saturated carbocycles. The number of nitrogens with zero attached hydrogens (tertiary/aromatic N) is 1. The van der Waals surface area contributed by atoms with E-state index in [9.17, 15) is 22.0 Å². The summed E-state index contributed by atoms with van der Waals surface area (Å²) in [5.41, 5.74) is 1.70. The molecule has 0 radical (unpaired) electrons. The van der Waals surface area contributed by atoms with Gasteiger partial charge in [-0.15, -0.1) is 0 Å². The fraction of sp³-hybridized carbons (Fsp3) is 0.423. The summed E-state index contributed by atoms with van der Waals surface area (Å²) in [6.45, 7) is 3.85. The number of nitrogens with one attached hydrogen (secondary N) is 1. The minimum atomic E-state index is -3.43. The number of fused-ring (bicyclic) bond motifs is 1. The maximum atomic E-state index is 13.4. The number of alkyl halides is 2. The van der Waals surface area contributed by atoms with Crippen molar-refractivity contribution in [3.05, 3.63) is 69.6 Å². The Morgan fingerprint density at radius 2 is 1.71 bits per heavy atom. The first-order valence-electron chi connectivity index (χ1n) is 11.4. The van der Waals surface area contributed by atoms with Crippen LogP contribution >= 0.6 is 0 Å². The molecule has 2 aromatic carbocycles. The van der Waals surface area contributed by atoms with Gasteiger partial charge in [0, 0.05) is 41.3 Å². The SMILES string of the molecule is Cc1cc([C@@H](C)Nc2ccccc2S(C)(=O)=O)c2cc(C34CC(C(F)F)(C3)C4)n(C)c(=O)c2c1. The number of anilines is 1. The fourth-order valence-electron chi connectivity index (χ4n) is 6.14. The second kappa shape index (κ2) is 7.38. The van der Waals surface area contributed by atoms with Crippen molar-refractivity contribution in [2.75, 3.05) is 11.6 Å². The highest BCUT2D eigenvalue weighted by molar-refractivity contribution is 7.90. The molecule has 3 aliphatic carbocycles. The number of benzene rings is 2. The average Bonchev–Trinajstić information content (AvgIpc) is 2.69. The highest BCUT2D eigenvalue weighted by Gasteiger charge is 2.73. The number of pyridine rings is 1. The van der Waals surface area contributed by atoms with Crippen LogP contribution in [0.1, 0.15) is 49.0 Å². The first kappa shape index (κ1) is 23.0. The lowest BCUT2D eigenvalue weighted by atomic mass is 9.34. The number of sulfone groups is 1. The van der Waals surface area contributed by atoms with Crippen molar-refractivity contribution in [2.24, 2.45) is 12.5 Å². The highest BCUT2D eigenvalue weighted by atomic mass is 32.2. The second-order valence-corrected chi connectivity index (χ2v) is 12.3. The molecule has 0 spiro atoms. The maximum absolute atomic E-state index is 13.4. The van der Waals surface area contributed by atoms with Crippen molar-refractivity contribution in [1.82, 2.24) is 4.57 Å². The number of para-hydroxylation sites is 1. The normalized spacial score (nSPS) is 24.6. The zero-order valence-corrected chi connectivity index (χ0v) is 20.5. The van der Waals surface area contributed by atoms with Crippen molar-refractivity contribution in [2.45, 2.75) is 55.9 Å². The first-order valence-corrected chi connectivity index (χ1v) is 13.2. The van der Waals surface area contributed by atoms with Crippen molar-refractivity contribution in [1.29, 1.82) is 0 Å². The molecule has 0 unspecified atom stereocenters. The van der Waals surface area contributed by atoms with Gasteiger partial charge in [0.2, 0.25) is 6.43 Å². The molecule has 34 heavy (non-hydrogen) atoms. The minimum absolute atomic E-state index is 0.142. The molecule has 1 heterocycles. The summed E-state index contributed by atoms with van der Waals surface area (Å²) in [5, 5.41) is 4.66. The van der Waals surface area contributed by atoms with Crippen LogP contribution in [0.4, 0.5) is 14.5 Å². The fourth-order valence-corrected chi connectivity index (χ4v) is 7.00. The zero-order valence-electron chi connectivity index (χ0n) is 19.7. The summed E-state index contributed by atoms with van der Waals surface area (Å²) in [5.74, 6) is 0. The average molecular weight is 487 g/mol. The van der Waals surface area contributed by atoms with Crippen molar-refractivity contribution in [3.8, 4) is 0 Å². The Morgan fingerprint density at radius 1 is 1.06 bits per heavy atom. The zero-order chi connectivity index (χ0) is 24.6. The number of halogens is 2. The molecule has 6 rings (SSSR count). The van der Waals surface area contributed by atoms with Gasteiger partial charge in [-0.05, 0) is 73.9 Å². The molecule has 1 N–H and O–H groups in total. The number of hydrogen-bond donors (Lipinski definition) is 1. The molecule has 180 valence electrons. The Labute approximate surface area is 197 Å². The summed E-state index contributed by atoms with van der Waals surface area (Å²) in [4.78, 5) is 13.6. The Morgan fingerprint density at radius 3 is 2.32 bits per heavy atom. The molecule has 3 fully saturated rings.